The summed E-state index contributed by atoms with van der Waals surface area (Å²) in [6.45, 7) is 1.95. The number of benzene rings is 2. The molecule has 1 amide bonds. The molecule has 3 rings (SSSR count). The quantitative estimate of drug-likeness (QED) is 0.575. The Bertz CT molecular complexity index is 1080. The SMILES string of the molecule is COc1ccc(C(=O)NC(CC(=O)O)c2ccccc2Cl)nc1-c1ccccc1C. The Morgan fingerprint density at radius 2 is 1.80 bits per heavy atom. The number of aromatic nitrogens is 1. The highest BCUT2D eigenvalue weighted by Gasteiger charge is 2.22. The van der Waals surface area contributed by atoms with Crippen LogP contribution in [0.5, 0.6) is 5.75 Å². The minimum atomic E-state index is -1.05. The summed E-state index contributed by atoms with van der Waals surface area (Å²) in [5.74, 6) is -1.02. The number of carboxylic acid groups (broad SMARTS) is 1. The van der Waals surface area contributed by atoms with Gasteiger partial charge in [-0.2, -0.15) is 0 Å². The highest BCUT2D eigenvalue weighted by atomic mass is 35.5. The molecule has 0 saturated heterocycles. The van der Waals surface area contributed by atoms with Crippen LogP contribution in [-0.2, 0) is 4.79 Å². The minimum Gasteiger partial charge on any atom is -0.494 e. The van der Waals surface area contributed by atoms with Gasteiger partial charge in [0.2, 0.25) is 0 Å². The second-order valence-electron chi connectivity index (χ2n) is 6.71. The zero-order valence-electron chi connectivity index (χ0n) is 16.6. The Kier molecular flexibility index (Phi) is 6.69. The van der Waals surface area contributed by atoms with E-state index in [1.165, 1.54) is 0 Å². The minimum absolute atomic E-state index is 0.150. The van der Waals surface area contributed by atoms with Crippen molar-refractivity contribution in [3.63, 3.8) is 0 Å². The summed E-state index contributed by atoms with van der Waals surface area (Å²) in [4.78, 5) is 28.8. The van der Waals surface area contributed by atoms with Crippen molar-refractivity contribution in [2.45, 2.75) is 19.4 Å². The highest BCUT2D eigenvalue weighted by molar-refractivity contribution is 6.31. The lowest BCUT2D eigenvalue weighted by atomic mass is 10.0. The van der Waals surface area contributed by atoms with Gasteiger partial charge in [-0.05, 0) is 36.2 Å². The van der Waals surface area contributed by atoms with Crippen LogP contribution in [0.2, 0.25) is 5.02 Å². The Labute approximate surface area is 179 Å². The van der Waals surface area contributed by atoms with Crippen LogP contribution >= 0.6 is 11.6 Å². The first kappa shape index (κ1) is 21.3. The van der Waals surface area contributed by atoms with Crippen LogP contribution in [0, 0.1) is 6.92 Å². The van der Waals surface area contributed by atoms with Crippen LogP contribution in [0.25, 0.3) is 11.3 Å². The second kappa shape index (κ2) is 9.41. The number of aliphatic carboxylic acids is 1. The molecule has 30 heavy (non-hydrogen) atoms. The van der Waals surface area contributed by atoms with Gasteiger partial charge in [0.1, 0.15) is 17.1 Å². The first-order valence-corrected chi connectivity index (χ1v) is 9.66. The van der Waals surface area contributed by atoms with Gasteiger partial charge in [-0.3, -0.25) is 9.59 Å². The average molecular weight is 425 g/mol. The van der Waals surface area contributed by atoms with Crippen LogP contribution in [0.1, 0.15) is 34.1 Å². The van der Waals surface area contributed by atoms with Crippen molar-refractivity contribution in [1.29, 1.82) is 0 Å². The van der Waals surface area contributed by atoms with Gasteiger partial charge in [-0.25, -0.2) is 4.98 Å². The van der Waals surface area contributed by atoms with Crippen molar-refractivity contribution in [1.82, 2.24) is 10.3 Å². The number of amides is 1. The Hall–Kier alpha value is -3.38. The van der Waals surface area contributed by atoms with Gasteiger partial charge in [0, 0.05) is 10.6 Å². The summed E-state index contributed by atoms with van der Waals surface area (Å²) >= 11 is 6.22. The van der Waals surface area contributed by atoms with E-state index in [0.29, 0.717) is 22.0 Å². The molecule has 2 N–H and O–H groups in total. The first-order chi connectivity index (χ1) is 14.4. The number of nitrogens with zero attached hydrogens (tertiary/aromatic N) is 1. The molecule has 0 aliphatic rings. The second-order valence-corrected chi connectivity index (χ2v) is 7.11. The monoisotopic (exact) mass is 424 g/mol. The van der Waals surface area contributed by atoms with Gasteiger partial charge in [-0.1, -0.05) is 54.1 Å². The number of nitrogens with one attached hydrogen (secondary N) is 1. The summed E-state index contributed by atoms with van der Waals surface area (Å²) < 4.78 is 5.42. The molecule has 2 aromatic carbocycles. The normalized spacial score (nSPS) is 11.6. The fraction of sp³-hybridized carbons (Fsp3) is 0.174. The van der Waals surface area contributed by atoms with E-state index in [4.69, 9.17) is 16.3 Å². The topological polar surface area (TPSA) is 88.5 Å². The first-order valence-electron chi connectivity index (χ1n) is 9.28. The van der Waals surface area contributed by atoms with Crippen molar-refractivity contribution in [2.75, 3.05) is 7.11 Å². The molecule has 1 heterocycles. The number of aryl methyl sites for hydroxylation is 1. The maximum atomic E-state index is 12.9. The highest BCUT2D eigenvalue weighted by Crippen LogP contribution is 2.31. The molecule has 0 saturated carbocycles. The van der Waals surface area contributed by atoms with Crippen molar-refractivity contribution < 1.29 is 19.4 Å². The van der Waals surface area contributed by atoms with E-state index in [-0.39, 0.29) is 12.1 Å². The Morgan fingerprint density at radius 1 is 1.10 bits per heavy atom. The molecule has 0 fully saturated rings. The van der Waals surface area contributed by atoms with Crippen LogP contribution in [0.3, 0.4) is 0 Å². The summed E-state index contributed by atoms with van der Waals surface area (Å²) in [6, 6.07) is 16.9. The molecule has 6 nitrogen and oxygen atoms in total. The van der Waals surface area contributed by atoms with Crippen molar-refractivity contribution in [3.05, 3.63) is 82.5 Å². The maximum Gasteiger partial charge on any atom is 0.305 e. The summed E-state index contributed by atoms with van der Waals surface area (Å²) in [5, 5.41) is 12.4. The van der Waals surface area contributed by atoms with Gasteiger partial charge < -0.3 is 15.2 Å². The predicted octanol–water partition coefficient (Wildman–Crippen LogP) is 4.66. The molecule has 1 aromatic heterocycles. The Morgan fingerprint density at radius 3 is 2.47 bits per heavy atom. The van der Waals surface area contributed by atoms with Crippen molar-refractivity contribution >= 4 is 23.5 Å². The number of ether oxygens (including phenoxy) is 1. The van der Waals surface area contributed by atoms with Crippen LogP contribution < -0.4 is 10.1 Å². The van der Waals surface area contributed by atoms with E-state index in [1.54, 1.807) is 43.5 Å². The van der Waals surface area contributed by atoms with Gasteiger partial charge in [0.05, 0.1) is 19.6 Å². The third-order valence-electron chi connectivity index (χ3n) is 4.68. The number of rotatable bonds is 7. The number of halogens is 1. The number of hydrogen-bond acceptors (Lipinski definition) is 4. The molecule has 3 aromatic rings. The Balaban J connectivity index is 1.96. The van der Waals surface area contributed by atoms with Crippen molar-refractivity contribution in [3.8, 4) is 17.0 Å². The number of hydrogen-bond donors (Lipinski definition) is 2. The number of carbonyl (C=O) groups excluding carboxylic acids is 1. The number of pyridine rings is 1. The third-order valence-corrected chi connectivity index (χ3v) is 5.02. The molecular formula is C23H21ClN2O4. The number of carbonyl (C=O) groups is 2. The zero-order valence-corrected chi connectivity index (χ0v) is 17.3. The lowest BCUT2D eigenvalue weighted by Crippen LogP contribution is -2.31. The van der Waals surface area contributed by atoms with E-state index in [0.717, 1.165) is 11.1 Å². The molecular weight excluding hydrogens is 404 g/mol. The lowest BCUT2D eigenvalue weighted by molar-refractivity contribution is -0.137. The number of carboxylic acids is 1. The molecule has 0 bridgehead atoms. The smallest absolute Gasteiger partial charge is 0.305 e. The van der Waals surface area contributed by atoms with E-state index >= 15 is 0 Å². The van der Waals surface area contributed by atoms with Gasteiger partial charge in [0.25, 0.3) is 5.91 Å². The molecule has 7 heteroatoms. The van der Waals surface area contributed by atoms with E-state index in [2.05, 4.69) is 10.3 Å². The van der Waals surface area contributed by atoms with E-state index in [1.807, 2.05) is 31.2 Å². The summed E-state index contributed by atoms with van der Waals surface area (Å²) in [5.41, 5.74) is 3.05. The fourth-order valence-electron chi connectivity index (χ4n) is 3.17. The molecule has 154 valence electrons. The molecule has 0 spiro atoms. The number of methoxy groups -OCH3 is 1. The summed E-state index contributed by atoms with van der Waals surface area (Å²) in [7, 11) is 1.54. The van der Waals surface area contributed by atoms with Crippen LogP contribution in [-0.4, -0.2) is 29.1 Å². The van der Waals surface area contributed by atoms with Gasteiger partial charge in [0.15, 0.2) is 0 Å². The van der Waals surface area contributed by atoms with Crippen LogP contribution in [0.4, 0.5) is 0 Å². The fourth-order valence-corrected chi connectivity index (χ4v) is 3.44. The molecule has 0 aliphatic carbocycles. The van der Waals surface area contributed by atoms with Gasteiger partial charge >= 0.3 is 5.97 Å². The zero-order chi connectivity index (χ0) is 21.7. The molecule has 0 aliphatic heterocycles. The van der Waals surface area contributed by atoms with Crippen LogP contribution in [0.15, 0.2) is 60.7 Å². The standard InChI is InChI=1S/C23H21ClN2O4/c1-14-7-3-4-8-15(14)22-20(30-2)12-11-18(25-22)23(29)26-19(13-21(27)28)16-9-5-6-10-17(16)24/h3-12,19H,13H2,1-2H3,(H,26,29)(H,27,28). The van der Waals surface area contributed by atoms with E-state index in [9.17, 15) is 14.7 Å². The third kappa shape index (κ3) is 4.78. The maximum absolute atomic E-state index is 12.9. The lowest BCUT2D eigenvalue weighted by Gasteiger charge is -2.19. The van der Waals surface area contributed by atoms with Gasteiger partial charge in [-0.15, -0.1) is 0 Å². The molecule has 1 atom stereocenters. The predicted molar refractivity (Wildman–Crippen MR) is 115 cm³/mol. The van der Waals surface area contributed by atoms with E-state index < -0.39 is 17.9 Å². The largest absolute Gasteiger partial charge is 0.494 e. The summed E-state index contributed by atoms with van der Waals surface area (Å²) in [6.07, 6.45) is -0.309. The van der Waals surface area contributed by atoms with Crippen molar-refractivity contribution in [2.24, 2.45) is 0 Å². The average Bonchev–Trinajstić information content (AvgIpc) is 2.73. The molecule has 0 radical (unpaired) electrons. The molecule has 1 unspecified atom stereocenters.